The maximum atomic E-state index is 12.7. The highest BCUT2D eigenvalue weighted by Crippen LogP contribution is 2.25. The number of rotatable bonds is 8. The van der Waals surface area contributed by atoms with Crippen LogP contribution < -0.4 is 10.6 Å². The lowest BCUT2D eigenvalue weighted by molar-refractivity contribution is 0.0526. The summed E-state index contributed by atoms with van der Waals surface area (Å²) < 4.78 is 5.04. The van der Waals surface area contributed by atoms with Crippen molar-refractivity contribution in [1.82, 2.24) is 4.90 Å². The predicted molar refractivity (Wildman–Crippen MR) is 140 cm³/mol. The van der Waals surface area contributed by atoms with Crippen LogP contribution in [0.4, 0.5) is 16.2 Å². The van der Waals surface area contributed by atoms with Crippen molar-refractivity contribution in [2.24, 2.45) is 5.92 Å². The monoisotopic (exact) mass is 471 g/mol. The van der Waals surface area contributed by atoms with Crippen LogP contribution in [0, 0.1) is 5.92 Å². The number of nitrogens with one attached hydrogen (secondary N) is 2. The molecule has 1 aliphatic heterocycles. The maximum Gasteiger partial charge on any atom is 0.338 e. The van der Waals surface area contributed by atoms with Crippen molar-refractivity contribution < 1.29 is 14.3 Å². The number of carbonyl (C=O) groups excluding carboxylic acids is 2. The fraction of sp³-hybridized carbons (Fsp3) is 0.310. The molecule has 182 valence electrons. The molecule has 0 saturated carbocycles. The smallest absolute Gasteiger partial charge is 0.338 e. The zero-order valence-electron chi connectivity index (χ0n) is 20.2. The number of anilines is 2. The highest BCUT2D eigenvalue weighted by atomic mass is 16.5. The number of para-hydroxylation sites is 1. The second-order valence-corrected chi connectivity index (χ2v) is 8.95. The number of hydrogen-bond donors (Lipinski definition) is 2. The minimum absolute atomic E-state index is 0.304. The number of piperidine rings is 1. The van der Waals surface area contributed by atoms with Crippen LogP contribution in [0.5, 0.6) is 0 Å². The molecule has 3 aromatic carbocycles. The van der Waals surface area contributed by atoms with Crippen LogP contribution in [0.1, 0.15) is 41.3 Å². The molecular weight excluding hydrogens is 438 g/mol. The Morgan fingerprint density at radius 1 is 0.914 bits per heavy atom. The van der Waals surface area contributed by atoms with E-state index in [1.54, 1.807) is 31.2 Å². The normalized spacial score (nSPS) is 14.3. The van der Waals surface area contributed by atoms with Crippen molar-refractivity contribution >= 4 is 23.4 Å². The predicted octanol–water partition coefficient (Wildman–Crippen LogP) is 5.96. The van der Waals surface area contributed by atoms with E-state index in [0.717, 1.165) is 43.2 Å². The Morgan fingerprint density at radius 3 is 2.43 bits per heavy atom. The number of amides is 2. The molecule has 3 aromatic rings. The lowest BCUT2D eigenvalue weighted by Crippen LogP contribution is -2.34. The van der Waals surface area contributed by atoms with E-state index >= 15 is 0 Å². The van der Waals surface area contributed by atoms with Crippen molar-refractivity contribution in [2.75, 3.05) is 30.3 Å². The average molecular weight is 472 g/mol. The molecule has 1 heterocycles. The van der Waals surface area contributed by atoms with Gasteiger partial charge >= 0.3 is 12.0 Å². The van der Waals surface area contributed by atoms with Crippen LogP contribution in [0.25, 0.3) is 0 Å². The number of urea groups is 1. The van der Waals surface area contributed by atoms with E-state index in [1.807, 2.05) is 18.2 Å². The van der Waals surface area contributed by atoms with Gasteiger partial charge in [-0.15, -0.1) is 0 Å². The Hall–Kier alpha value is -3.64. The number of ether oxygens (including phenoxy) is 1. The molecule has 0 aliphatic carbocycles. The first-order chi connectivity index (χ1) is 17.1. The molecule has 6 nitrogen and oxygen atoms in total. The van der Waals surface area contributed by atoms with Crippen molar-refractivity contribution in [3.63, 3.8) is 0 Å². The molecule has 0 spiro atoms. The Kier molecular flexibility index (Phi) is 8.52. The van der Waals surface area contributed by atoms with Crippen LogP contribution in [0.2, 0.25) is 0 Å². The van der Waals surface area contributed by atoms with Gasteiger partial charge in [-0.3, -0.25) is 4.90 Å². The van der Waals surface area contributed by atoms with Gasteiger partial charge in [0.15, 0.2) is 0 Å². The van der Waals surface area contributed by atoms with Gasteiger partial charge in [0.1, 0.15) is 0 Å². The third kappa shape index (κ3) is 7.17. The molecule has 1 saturated heterocycles. The molecule has 0 unspecified atom stereocenters. The van der Waals surface area contributed by atoms with Crippen LogP contribution in [0.15, 0.2) is 78.9 Å². The molecule has 0 radical (unpaired) electrons. The van der Waals surface area contributed by atoms with Crippen LogP contribution >= 0.6 is 0 Å². The quantitative estimate of drug-likeness (QED) is 0.398. The number of carbonyl (C=O) groups is 2. The lowest BCUT2D eigenvalue weighted by atomic mass is 9.90. The average Bonchev–Trinajstić information content (AvgIpc) is 2.87. The number of esters is 1. The lowest BCUT2D eigenvalue weighted by Gasteiger charge is -2.32. The van der Waals surface area contributed by atoms with Crippen LogP contribution in [-0.2, 0) is 17.7 Å². The van der Waals surface area contributed by atoms with Gasteiger partial charge in [0.05, 0.1) is 12.2 Å². The Bertz CT molecular complexity index is 1120. The molecule has 0 bridgehead atoms. The zero-order valence-corrected chi connectivity index (χ0v) is 20.2. The van der Waals surface area contributed by atoms with Crippen molar-refractivity contribution in [2.45, 2.75) is 32.7 Å². The van der Waals surface area contributed by atoms with Gasteiger partial charge in [-0.05, 0) is 80.6 Å². The van der Waals surface area contributed by atoms with E-state index < -0.39 is 5.97 Å². The first-order valence-electron chi connectivity index (χ1n) is 12.3. The minimum atomic E-state index is -0.408. The standard InChI is InChI=1S/C29H33N3O3/c1-2-35-28(33)24-12-8-13-26(20-24)30-29(34)31-27-14-7-6-11-25(27)21-32-17-15-23(16-18-32)19-22-9-4-3-5-10-22/h3-14,20,23H,2,15-19,21H2,1H3,(H2,30,31,34). The fourth-order valence-electron chi connectivity index (χ4n) is 4.54. The van der Waals surface area contributed by atoms with E-state index in [0.29, 0.717) is 17.9 Å². The third-order valence-electron chi connectivity index (χ3n) is 6.37. The second-order valence-electron chi connectivity index (χ2n) is 8.95. The van der Waals surface area contributed by atoms with Gasteiger partial charge in [-0.1, -0.05) is 54.6 Å². The van der Waals surface area contributed by atoms with Gasteiger partial charge in [0.2, 0.25) is 0 Å². The van der Waals surface area contributed by atoms with Gasteiger partial charge in [-0.25, -0.2) is 9.59 Å². The summed E-state index contributed by atoms with van der Waals surface area (Å²) in [6.45, 7) is 4.97. The second kappa shape index (κ2) is 12.2. The summed E-state index contributed by atoms with van der Waals surface area (Å²) in [5.41, 5.74) is 4.23. The zero-order chi connectivity index (χ0) is 24.5. The molecule has 6 heteroatoms. The first-order valence-corrected chi connectivity index (χ1v) is 12.3. The summed E-state index contributed by atoms with van der Waals surface area (Å²) in [6.07, 6.45) is 3.51. The Labute approximate surface area is 207 Å². The van der Waals surface area contributed by atoms with Crippen molar-refractivity contribution in [3.8, 4) is 0 Å². The Morgan fingerprint density at radius 2 is 1.66 bits per heavy atom. The first kappa shape index (κ1) is 24.5. The summed E-state index contributed by atoms with van der Waals surface area (Å²) in [7, 11) is 0. The summed E-state index contributed by atoms with van der Waals surface area (Å²) in [5, 5.41) is 5.79. The molecule has 1 aliphatic rings. The summed E-state index contributed by atoms with van der Waals surface area (Å²) in [4.78, 5) is 27.1. The highest BCUT2D eigenvalue weighted by molar-refractivity contribution is 6.01. The number of benzene rings is 3. The molecule has 0 aromatic heterocycles. The molecule has 1 fully saturated rings. The van der Waals surface area contributed by atoms with E-state index in [-0.39, 0.29) is 6.03 Å². The number of nitrogens with zero attached hydrogens (tertiary/aromatic N) is 1. The van der Waals surface area contributed by atoms with E-state index in [2.05, 4.69) is 51.9 Å². The van der Waals surface area contributed by atoms with Gasteiger partial charge in [0, 0.05) is 17.9 Å². The largest absolute Gasteiger partial charge is 0.462 e. The minimum Gasteiger partial charge on any atom is -0.462 e. The summed E-state index contributed by atoms with van der Waals surface area (Å²) in [5.74, 6) is 0.313. The molecule has 2 N–H and O–H groups in total. The van der Waals surface area contributed by atoms with E-state index in [1.165, 1.54) is 18.4 Å². The van der Waals surface area contributed by atoms with Crippen LogP contribution in [0.3, 0.4) is 0 Å². The Balaban J connectivity index is 1.31. The SMILES string of the molecule is CCOC(=O)c1cccc(NC(=O)Nc2ccccc2CN2CCC(Cc3ccccc3)CC2)c1. The van der Waals surface area contributed by atoms with Gasteiger partial charge < -0.3 is 15.4 Å². The molecular formula is C29H33N3O3. The highest BCUT2D eigenvalue weighted by Gasteiger charge is 2.20. The van der Waals surface area contributed by atoms with Crippen molar-refractivity contribution in [1.29, 1.82) is 0 Å². The third-order valence-corrected chi connectivity index (χ3v) is 6.37. The van der Waals surface area contributed by atoms with Gasteiger partial charge in [0.25, 0.3) is 0 Å². The fourth-order valence-corrected chi connectivity index (χ4v) is 4.54. The summed E-state index contributed by atoms with van der Waals surface area (Å²) >= 11 is 0. The topological polar surface area (TPSA) is 70.7 Å². The summed E-state index contributed by atoms with van der Waals surface area (Å²) in [6, 6.07) is 25.0. The van der Waals surface area contributed by atoms with Gasteiger partial charge in [-0.2, -0.15) is 0 Å². The number of hydrogen-bond acceptors (Lipinski definition) is 4. The molecule has 2 amide bonds. The molecule has 35 heavy (non-hydrogen) atoms. The van der Waals surface area contributed by atoms with Crippen molar-refractivity contribution in [3.05, 3.63) is 95.6 Å². The molecule has 0 atom stereocenters. The number of likely N-dealkylation sites (tertiary alicyclic amines) is 1. The molecule has 4 rings (SSSR count). The van der Waals surface area contributed by atoms with Crippen LogP contribution in [-0.4, -0.2) is 36.6 Å². The van der Waals surface area contributed by atoms with E-state index in [4.69, 9.17) is 4.74 Å². The maximum absolute atomic E-state index is 12.7. The van der Waals surface area contributed by atoms with E-state index in [9.17, 15) is 9.59 Å².